The molecule has 10 heteroatoms. The van der Waals surface area contributed by atoms with Crippen molar-refractivity contribution in [1.82, 2.24) is 25.2 Å². The third-order valence-electron chi connectivity index (χ3n) is 1.82. The number of urea groups is 1. The molecule has 17 heavy (non-hydrogen) atoms. The van der Waals surface area contributed by atoms with Gasteiger partial charge in [-0.15, -0.1) is 0 Å². The van der Waals surface area contributed by atoms with Gasteiger partial charge in [-0.1, -0.05) is 0 Å². The van der Waals surface area contributed by atoms with Gasteiger partial charge in [0.05, 0.1) is 0 Å². The highest BCUT2D eigenvalue weighted by Gasteiger charge is 2.32. The molecule has 1 fully saturated rings. The first-order chi connectivity index (χ1) is 7.97. The lowest BCUT2D eigenvalue weighted by Crippen LogP contribution is -2.25. The van der Waals surface area contributed by atoms with Gasteiger partial charge in [-0.2, -0.15) is 19.9 Å². The van der Waals surface area contributed by atoms with E-state index in [4.69, 9.17) is 23.2 Å². The van der Waals surface area contributed by atoms with Crippen molar-refractivity contribution in [2.24, 2.45) is 4.99 Å². The third kappa shape index (κ3) is 2.32. The molecule has 0 spiro atoms. The number of hydrogen-bond donors (Lipinski definition) is 1. The molecule has 0 saturated carbocycles. The zero-order valence-corrected chi connectivity index (χ0v) is 9.82. The summed E-state index contributed by atoms with van der Waals surface area (Å²) in [7, 11) is 1.31. The fourth-order valence-electron chi connectivity index (χ4n) is 1.03. The minimum Gasteiger partial charge on any atom is -0.287 e. The van der Waals surface area contributed by atoms with E-state index in [1.165, 1.54) is 7.05 Å². The molecule has 0 aromatic carbocycles. The number of nitrogens with zero attached hydrogens (tertiary/aromatic N) is 5. The molecule has 0 radical (unpaired) electrons. The summed E-state index contributed by atoms with van der Waals surface area (Å²) in [5, 5.41) is 1.93. The number of halogens is 2. The topological polar surface area (TPSA) is 100 Å². The summed E-state index contributed by atoms with van der Waals surface area (Å²) in [6, 6.07) is -0.583. The van der Waals surface area contributed by atoms with Crippen LogP contribution in [0.4, 0.5) is 10.7 Å². The Kier molecular flexibility index (Phi) is 2.90. The summed E-state index contributed by atoms with van der Waals surface area (Å²) >= 11 is 11.1. The number of carbonyl (C=O) groups excluding carboxylic acids is 2. The van der Waals surface area contributed by atoms with Gasteiger partial charge in [0.2, 0.25) is 16.4 Å². The molecular weight excluding hydrogens is 271 g/mol. The second kappa shape index (κ2) is 4.22. The van der Waals surface area contributed by atoms with E-state index < -0.39 is 11.9 Å². The number of aliphatic imine (C=N–C) groups is 1. The predicted octanol–water partition coefficient (Wildman–Crippen LogP) is 0.390. The van der Waals surface area contributed by atoms with Crippen molar-refractivity contribution in [1.29, 1.82) is 0 Å². The van der Waals surface area contributed by atoms with Crippen LogP contribution in [0.1, 0.15) is 0 Å². The zero-order valence-electron chi connectivity index (χ0n) is 8.31. The summed E-state index contributed by atoms with van der Waals surface area (Å²) in [5.41, 5.74) is 0. The van der Waals surface area contributed by atoms with Gasteiger partial charge in [-0.05, 0) is 23.2 Å². The number of nitrogens with one attached hydrogen (secondary N) is 1. The predicted molar refractivity (Wildman–Crippen MR) is 58.2 cm³/mol. The number of hydrogen-bond acceptors (Lipinski definition) is 6. The Morgan fingerprint density at radius 1 is 1.18 bits per heavy atom. The number of imide groups is 1. The monoisotopic (exact) mass is 274 g/mol. The molecule has 1 saturated heterocycles. The molecule has 1 aliphatic heterocycles. The molecule has 0 bridgehead atoms. The second-order valence-electron chi connectivity index (χ2n) is 2.93. The Bertz CT molecular complexity index is 525. The maximum atomic E-state index is 11.5. The minimum absolute atomic E-state index is 0.158. The molecule has 2 heterocycles. The third-order valence-corrected chi connectivity index (χ3v) is 2.16. The van der Waals surface area contributed by atoms with E-state index in [-0.39, 0.29) is 22.4 Å². The molecule has 0 unspecified atom stereocenters. The Balaban J connectivity index is 2.37. The number of amidine groups is 1. The van der Waals surface area contributed by atoms with Gasteiger partial charge in [-0.25, -0.2) is 4.79 Å². The molecule has 0 atom stereocenters. The van der Waals surface area contributed by atoms with Crippen molar-refractivity contribution in [3.05, 3.63) is 10.6 Å². The van der Waals surface area contributed by atoms with Gasteiger partial charge in [0.25, 0.3) is 11.9 Å². The van der Waals surface area contributed by atoms with Gasteiger partial charge in [0.1, 0.15) is 0 Å². The highest BCUT2D eigenvalue weighted by atomic mass is 35.5. The summed E-state index contributed by atoms with van der Waals surface area (Å²) in [6.45, 7) is 0. The van der Waals surface area contributed by atoms with Crippen molar-refractivity contribution < 1.29 is 9.59 Å². The van der Waals surface area contributed by atoms with Gasteiger partial charge in [-0.3, -0.25) is 15.0 Å². The van der Waals surface area contributed by atoms with Crippen LogP contribution in [0.3, 0.4) is 0 Å². The minimum atomic E-state index is -0.595. The second-order valence-corrected chi connectivity index (χ2v) is 3.60. The van der Waals surface area contributed by atoms with Crippen molar-refractivity contribution in [3.8, 4) is 0 Å². The van der Waals surface area contributed by atoms with Crippen LogP contribution in [-0.2, 0) is 4.79 Å². The van der Waals surface area contributed by atoms with Crippen molar-refractivity contribution >= 4 is 46.9 Å². The van der Waals surface area contributed by atoms with E-state index in [0.717, 1.165) is 4.90 Å². The molecule has 8 nitrogen and oxygen atoms in total. The average Bonchev–Trinajstić information content (AvgIpc) is 2.45. The maximum Gasteiger partial charge on any atom is 0.329 e. The van der Waals surface area contributed by atoms with E-state index in [0.29, 0.717) is 0 Å². The summed E-state index contributed by atoms with van der Waals surface area (Å²) in [4.78, 5) is 38.0. The molecule has 88 valence electrons. The first-order valence-corrected chi connectivity index (χ1v) is 4.98. The smallest absolute Gasteiger partial charge is 0.287 e. The quantitative estimate of drug-likeness (QED) is 0.747. The normalized spacial score (nSPS) is 17.8. The summed E-state index contributed by atoms with van der Waals surface area (Å²) < 4.78 is 0. The summed E-state index contributed by atoms with van der Waals surface area (Å²) in [5.74, 6) is -0.951. The zero-order chi connectivity index (χ0) is 12.6. The highest BCUT2D eigenvalue weighted by Crippen LogP contribution is 2.13. The first-order valence-electron chi connectivity index (χ1n) is 4.22. The van der Waals surface area contributed by atoms with Crippen molar-refractivity contribution in [2.45, 2.75) is 0 Å². The fraction of sp³-hybridized carbons (Fsp3) is 0.143. The Labute approximate surface area is 105 Å². The number of carbonyl (C=O) groups is 2. The van der Waals surface area contributed by atoms with E-state index in [2.05, 4.69) is 25.3 Å². The number of aromatic nitrogens is 3. The molecular formula is C7H4Cl2N6O2. The number of likely N-dealkylation sites (N-methyl/N-ethyl adjacent to an activating group) is 1. The van der Waals surface area contributed by atoms with Crippen LogP contribution in [0, 0.1) is 0 Å². The van der Waals surface area contributed by atoms with Gasteiger partial charge < -0.3 is 0 Å². The number of rotatable bonds is 1. The van der Waals surface area contributed by atoms with Crippen LogP contribution < -0.4 is 5.32 Å². The van der Waals surface area contributed by atoms with E-state index >= 15 is 0 Å². The molecule has 1 N–H and O–H groups in total. The largest absolute Gasteiger partial charge is 0.329 e. The lowest BCUT2D eigenvalue weighted by atomic mass is 10.5. The van der Waals surface area contributed by atoms with Crippen LogP contribution in [0.25, 0.3) is 0 Å². The van der Waals surface area contributed by atoms with Crippen LogP contribution in [0.5, 0.6) is 0 Å². The molecule has 1 aliphatic rings. The SMILES string of the molecule is CN1C(=O)N/C(=N/c2nc(Cl)nc(Cl)n2)C1=O. The van der Waals surface area contributed by atoms with Crippen molar-refractivity contribution in [2.75, 3.05) is 7.05 Å². The molecule has 1 aromatic heterocycles. The molecule has 2 rings (SSSR count). The van der Waals surface area contributed by atoms with Crippen LogP contribution >= 0.6 is 23.2 Å². The standard InChI is InChI=1S/C7H4Cl2N6O2/c1-15-3(16)2(11-7(15)17)10-6-13-4(8)12-5(9)14-6/h1H3,(H,10,11,12,13,14,17). The Morgan fingerprint density at radius 3 is 2.24 bits per heavy atom. The fourth-order valence-corrected chi connectivity index (χ4v) is 1.39. The van der Waals surface area contributed by atoms with E-state index in [1.807, 2.05) is 0 Å². The average molecular weight is 275 g/mol. The van der Waals surface area contributed by atoms with Gasteiger partial charge in [0, 0.05) is 7.05 Å². The Morgan fingerprint density at radius 2 is 1.76 bits per heavy atom. The van der Waals surface area contributed by atoms with Crippen LogP contribution in [0.2, 0.25) is 10.6 Å². The van der Waals surface area contributed by atoms with Gasteiger partial charge >= 0.3 is 6.03 Å². The lowest BCUT2D eigenvalue weighted by Gasteiger charge is -1.99. The van der Waals surface area contributed by atoms with Crippen LogP contribution in [0.15, 0.2) is 4.99 Å². The van der Waals surface area contributed by atoms with E-state index in [9.17, 15) is 9.59 Å². The van der Waals surface area contributed by atoms with Gasteiger partial charge in [0.15, 0.2) is 0 Å². The van der Waals surface area contributed by atoms with Crippen molar-refractivity contribution in [3.63, 3.8) is 0 Å². The molecule has 1 aromatic rings. The van der Waals surface area contributed by atoms with E-state index in [1.54, 1.807) is 0 Å². The maximum absolute atomic E-state index is 11.5. The molecule has 3 amide bonds. The first kappa shape index (κ1) is 11.7. The highest BCUT2D eigenvalue weighted by molar-refractivity contribution is 6.47. The Hall–Kier alpha value is -1.80. The summed E-state index contributed by atoms with van der Waals surface area (Å²) in [6.07, 6.45) is 0. The molecule has 0 aliphatic carbocycles. The number of amides is 3. The van der Waals surface area contributed by atoms with Crippen LogP contribution in [-0.4, -0.2) is 44.7 Å². The lowest BCUT2D eigenvalue weighted by molar-refractivity contribution is -0.119.